The summed E-state index contributed by atoms with van der Waals surface area (Å²) in [6.07, 6.45) is 4.02. The minimum Gasteiger partial charge on any atom is -0.461 e. The van der Waals surface area contributed by atoms with Gasteiger partial charge in [0.1, 0.15) is 29.3 Å². The number of hydrogen-bond donors (Lipinski definition) is 4. The Bertz CT molecular complexity index is 970. The first-order valence-corrected chi connectivity index (χ1v) is 8.06. The SMILES string of the molecule is CCOC(=O)c1[nH]c2ncnc(Nc3cnc(N)c(C=N)c3)c2c1Br. The highest BCUT2D eigenvalue weighted by atomic mass is 79.9. The lowest BCUT2D eigenvalue weighted by atomic mass is 10.2. The van der Waals surface area contributed by atoms with E-state index in [1.807, 2.05) is 0 Å². The molecule has 25 heavy (non-hydrogen) atoms. The van der Waals surface area contributed by atoms with Crippen LogP contribution in [0.2, 0.25) is 0 Å². The second-order valence-corrected chi connectivity index (χ2v) is 5.74. The Kier molecular flexibility index (Phi) is 4.61. The molecule has 0 aliphatic heterocycles. The van der Waals surface area contributed by atoms with Gasteiger partial charge in [-0.3, -0.25) is 0 Å². The van der Waals surface area contributed by atoms with E-state index in [9.17, 15) is 4.79 Å². The molecule has 3 heterocycles. The molecular weight excluding hydrogens is 390 g/mol. The molecule has 3 aromatic heterocycles. The van der Waals surface area contributed by atoms with Crippen molar-refractivity contribution in [3.8, 4) is 0 Å². The number of nitrogen functional groups attached to an aromatic ring is 1. The van der Waals surface area contributed by atoms with Crippen molar-refractivity contribution in [2.75, 3.05) is 17.7 Å². The summed E-state index contributed by atoms with van der Waals surface area (Å²) in [6, 6.07) is 1.68. The quantitative estimate of drug-likeness (QED) is 0.378. The van der Waals surface area contributed by atoms with E-state index in [0.29, 0.717) is 32.6 Å². The highest BCUT2D eigenvalue weighted by Crippen LogP contribution is 2.33. The molecule has 9 nitrogen and oxygen atoms in total. The van der Waals surface area contributed by atoms with E-state index in [0.717, 1.165) is 6.21 Å². The summed E-state index contributed by atoms with van der Waals surface area (Å²) in [5.41, 5.74) is 7.51. The van der Waals surface area contributed by atoms with E-state index in [1.54, 1.807) is 13.0 Å². The third kappa shape index (κ3) is 3.15. The number of nitrogens with one attached hydrogen (secondary N) is 3. The average molecular weight is 404 g/mol. The molecule has 0 atom stereocenters. The molecule has 3 aromatic rings. The topological polar surface area (TPSA) is 143 Å². The van der Waals surface area contributed by atoms with Gasteiger partial charge < -0.3 is 26.2 Å². The summed E-state index contributed by atoms with van der Waals surface area (Å²) in [7, 11) is 0. The van der Waals surface area contributed by atoms with E-state index in [1.165, 1.54) is 12.5 Å². The van der Waals surface area contributed by atoms with Crippen molar-refractivity contribution in [3.05, 3.63) is 34.3 Å². The van der Waals surface area contributed by atoms with Crippen LogP contribution in [0.15, 0.2) is 23.1 Å². The number of carbonyl (C=O) groups excluding carboxylic acids is 1. The Balaban J connectivity index is 2.05. The normalized spacial score (nSPS) is 10.6. The first-order valence-electron chi connectivity index (χ1n) is 7.27. The fourth-order valence-corrected chi connectivity index (χ4v) is 2.87. The number of hydrogen-bond acceptors (Lipinski definition) is 8. The molecule has 0 aromatic carbocycles. The van der Waals surface area contributed by atoms with Gasteiger partial charge in [-0.15, -0.1) is 0 Å². The Morgan fingerprint density at radius 2 is 2.28 bits per heavy atom. The third-order valence-electron chi connectivity index (χ3n) is 3.38. The van der Waals surface area contributed by atoms with Crippen molar-refractivity contribution in [2.45, 2.75) is 6.92 Å². The number of fused-ring (bicyclic) bond motifs is 1. The van der Waals surface area contributed by atoms with E-state index in [4.69, 9.17) is 15.9 Å². The fraction of sp³-hybridized carbons (Fsp3) is 0.133. The molecule has 0 saturated heterocycles. The van der Waals surface area contributed by atoms with E-state index in [-0.39, 0.29) is 18.1 Å². The van der Waals surface area contributed by atoms with Gasteiger partial charge in [0.25, 0.3) is 0 Å². The van der Waals surface area contributed by atoms with Crippen molar-refractivity contribution < 1.29 is 9.53 Å². The second kappa shape index (κ2) is 6.85. The van der Waals surface area contributed by atoms with Crippen molar-refractivity contribution in [3.63, 3.8) is 0 Å². The maximum Gasteiger partial charge on any atom is 0.355 e. The molecule has 0 radical (unpaired) electrons. The maximum absolute atomic E-state index is 12.0. The zero-order chi connectivity index (χ0) is 18.0. The monoisotopic (exact) mass is 403 g/mol. The molecule has 0 unspecified atom stereocenters. The van der Waals surface area contributed by atoms with Gasteiger partial charge in [-0.05, 0) is 28.9 Å². The molecular formula is C15H14BrN7O2. The maximum atomic E-state index is 12.0. The summed E-state index contributed by atoms with van der Waals surface area (Å²) < 4.78 is 5.52. The average Bonchev–Trinajstić information content (AvgIpc) is 2.95. The lowest BCUT2D eigenvalue weighted by Gasteiger charge is -2.08. The number of carbonyl (C=O) groups is 1. The van der Waals surface area contributed by atoms with Crippen LogP contribution < -0.4 is 11.1 Å². The van der Waals surface area contributed by atoms with Crippen molar-refractivity contribution in [1.82, 2.24) is 19.9 Å². The number of pyridine rings is 1. The van der Waals surface area contributed by atoms with Crippen LogP contribution in [0.4, 0.5) is 17.3 Å². The Morgan fingerprint density at radius 1 is 1.48 bits per heavy atom. The zero-order valence-electron chi connectivity index (χ0n) is 13.1. The number of anilines is 3. The van der Waals surface area contributed by atoms with Gasteiger partial charge in [0.15, 0.2) is 0 Å². The number of aromatic nitrogens is 4. The number of ether oxygens (including phenoxy) is 1. The van der Waals surface area contributed by atoms with E-state index in [2.05, 4.69) is 41.2 Å². The Hall–Kier alpha value is -3.01. The number of nitrogens with zero attached hydrogens (tertiary/aromatic N) is 3. The lowest BCUT2D eigenvalue weighted by Crippen LogP contribution is -2.05. The molecule has 3 rings (SSSR count). The summed E-state index contributed by atoms with van der Waals surface area (Å²) in [4.78, 5) is 27.3. The number of aromatic amines is 1. The number of halogens is 1. The van der Waals surface area contributed by atoms with E-state index >= 15 is 0 Å². The molecule has 10 heteroatoms. The van der Waals surface area contributed by atoms with Crippen LogP contribution in [0, 0.1) is 5.41 Å². The summed E-state index contributed by atoms with van der Waals surface area (Å²) in [5.74, 6) is 0.241. The predicted octanol–water partition coefficient (Wildman–Crippen LogP) is 2.62. The lowest BCUT2D eigenvalue weighted by molar-refractivity contribution is 0.0519. The Labute approximate surface area is 150 Å². The fourth-order valence-electron chi connectivity index (χ4n) is 2.24. The number of nitrogens with two attached hydrogens (primary N) is 1. The minimum atomic E-state index is -0.487. The van der Waals surface area contributed by atoms with E-state index < -0.39 is 5.97 Å². The van der Waals surface area contributed by atoms with Gasteiger partial charge in [-0.1, -0.05) is 0 Å². The molecule has 0 aliphatic rings. The standard InChI is InChI=1S/C15H14BrN7O2/c1-2-25-15(24)11-10(16)9-13(20-6-21-14(9)23-11)22-8-3-7(4-17)12(18)19-5-8/h3-6,17H,2H2,1H3,(H2,18,19)(H2,20,21,22,23). The van der Waals surface area contributed by atoms with Crippen LogP contribution in [0.3, 0.4) is 0 Å². The summed E-state index contributed by atoms with van der Waals surface area (Å²) in [5, 5.41) is 11.0. The van der Waals surface area contributed by atoms with Crippen LogP contribution in [0.5, 0.6) is 0 Å². The molecule has 0 amide bonds. The third-order valence-corrected chi connectivity index (χ3v) is 4.17. The van der Waals surface area contributed by atoms with Crippen LogP contribution in [0.25, 0.3) is 11.0 Å². The van der Waals surface area contributed by atoms with Crippen LogP contribution in [-0.2, 0) is 4.74 Å². The number of H-pyrrole nitrogens is 1. The summed E-state index contributed by atoms with van der Waals surface area (Å²) in [6.45, 7) is 2.00. The molecule has 0 aliphatic carbocycles. The Morgan fingerprint density at radius 3 is 3.00 bits per heavy atom. The van der Waals surface area contributed by atoms with Gasteiger partial charge in [0, 0.05) is 11.8 Å². The largest absolute Gasteiger partial charge is 0.461 e. The molecule has 5 N–H and O–H groups in total. The van der Waals surface area contributed by atoms with Gasteiger partial charge in [-0.2, -0.15) is 0 Å². The molecule has 0 saturated carbocycles. The summed E-state index contributed by atoms with van der Waals surface area (Å²) >= 11 is 3.40. The number of esters is 1. The molecule has 128 valence electrons. The van der Waals surface area contributed by atoms with Gasteiger partial charge >= 0.3 is 5.97 Å². The molecule has 0 fully saturated rings. The highest BCUT2D eigenvalue weighted by molar-refractivity contribution is 9.10. The highest BCUT2D eigenvalue weighted by Gasteiger charge is 2.21. The van der Waals surface area contributed by atoms with Gasteiger partial charge in [-0.25, -0.2) is 19.7 Å². The predicted molar refractivity (Wildman–Crippen MR) is 97.4 cm³/mol. The van der Waals surface area contributed by atoms with Crippen molar-refractivity contribution in [1.29, 1.82) is 5.41 Å². The van der Waals surface area contributed by atoms with Gasteiger partial charge in [0.05, 0.1) is 28.4 Å². The number of rotatable bonds is 5. The minimum absolute atomic E-state index is 0.260. The van der Waals surface area contributed by atoms with Gasteiger partial charge in [0.2, 0.25) is 0 Å². The zero-order valence-corrected chi connectivity index (χ0v) is 14.7. The second-order valence-electron chi connectivity index (χ2n) is 4.95. The first-order chi connectivity index (χ1) is 12.0. The van der Waals surface area contributed by atoms with Crippen LogP contribution in [-0.4, -0.2) is 38.7 Å². The molecule has 0 spiro atoms. The molecule has 0 bridgehead atoms. The smallest absolute Gasteiger partial charge is 0.355 e. The van der Waals surface area contributed by atoms with Crippen LogP contribution >= 0.6 is 15.9 Å². The van der Waals surface area contributed by atoms with Crippen molar-refractivity contribution >= 4 is 56.5 Å². The van der Waals surface area contributed by atoms with Crippen LogP contribution in [0.1, 0.15) is 23.0 Å². The van der Waals surface area contributed by atoms with Crippen molar-refractivity contribution in [2.24, 2.45) is 0 Å². The first kappa shape index (κ1) is 16.8.